The number of carbonyl (C=O) groups excluding carboxylic acids is 2. The van der Waals surface area contributed by atoms with Crippen LogP contribution in [0.1, 0.15) is 57.4 Å². The lowest BCUT2D eigenvalue weighted by molar-refractivity contribution is -0.127. The first-order valence-electron chi connectivity index (χ1n) is 14.1. The Bertz CT molecular complexity index is 1490. The molecule has 1 saturated carbocycles. The Morgan fingerprint density at radius 2 is 1.24 bits per heavy atom. The van der Waals surface area contributed by atoms with E-state index < -0.39 is 0 Å². The number of imide groups is 1. The van der Waals surface area contributed by atoms with Crippen LogP contribution in [0.5, 0.6) is 0 Å². The van der Waals surface area contributed by atoms with E-state index in [-0.39, 0.29) is 23.1 Å². The van der Waals surface area contributed by atoms with E-state index in [0.29, 0.717) is 5.92 Å². The Hall–Kier alpha value is -3.72. The van der Waals surface area contributed by atoms with Gasteiger partial charge < -0.3 is 0 Å². The van der Waals surface area contributed by atoms with Gasteiger partial charge >= 0.3 is 0 Å². The van der Waals surface area contributed by atoms with E-state index in [1.165, 1.54) is 34.3 Å². The lowest BCUT2D eigenvalue weighted by Crippen LogP contribution is -2.41. The summed E-state index contributed by atoms with van der Waals surface area (Å²) >= 11 is 0. The van der Waals surface area contributed by atoms with Gasteiger partial charge in [-0.05, 0) is 70.6 Å². The summed E-state index contributed by atoms with van der Waals surface area (Å²) in [6.45, 7) is 2.32. The zero-order chi connectivity index (χ0) is 25.9. The maximum Gasteiger partial charge on any atom is 0.255 e. The van der Waals surface area contributed by atoms with Crippen molar-refractivity contribution in [3.63, 3.8) is 0 Å². The van der Waals surface area contributed by atoms with Gasteiger partial charge in [-0.25, -0.2) is 0 Å². The number of hydrogen-bond acceptors (Lipinski definition) is 2. The molecule has 3 nitrogen and oxygen atoms in total. The minimum atomic E-state index is -0.334. The smallest absolute Gasteiger partial charge is 0.255 e. The number of nitrogens with one attached hydrogen (secondary N) is 1. The summed E-state index contributed by atoms with van der Waals surface area (Å²) in [5, 5.41) is 2.72. The molecule has 3 heteroatoms. The third kappa shape index (κ3) is 3.55. The van der Waals surface area contributed by atoms with Crippen molar-refractivity contribution in [1.29, 1.82) is 0 Å². The highest BCUT2D eigenvalue weighted by molar-refractivity contribution is 6.21. The topological polar surface area (TPSA) is 46.2 Å². The average Bonchev–Trinajstić information content (AvgIpc) is 3.50. The number of hydrogen-bond donors (Lipinski definition) is 1. The lowest BCUT2D eigenvalue weighted by atomic mass is 9.55. The van der Waals surface area contributed by atoms with Crippen molar-refractivity contribution in [3.8, 4) is 22.3 Å². The predicted molar refractivity (Wildman–Crippen MR) is 152 cm³/mol. The number of fused-ring (bicyclic) bond motifs is 3. The molecule has 0 radical (unpaired) electrons. The van der Waals surface area contributed by atoms with E-state index in [0.717, 1.165) is 60.8 Å². The third-order valence-corrected chi connectivity index (χ3v) is 9.47. The molecule has 3 aromatic rings. The van der Waals surface area contributed by atoms with Gasteiger partial charge in [0, 0.05) is 11.0 Å². The van der Waals surface area contributed by atoms with E-state index in [1.54, 1.807) is 0 Å². The van der Waals surface area contributed by atoms with Crippen molar-refractivity contribution in [2.75, 3.05) is 0 Å². The molecule has 190 valence electrons. The second kappa shape index (κ2) is 8.94. The molecule has 3 aromatic carbocycles. The molecule has 1 heterocycles. The Labute approximate surface area is 224 Å². The maximum atomic E-state index is 13.3. The van der Waals surface area contributed by atoms with Crippen molar-refractivity contribution in [2.24, 2.45) is 17.3 Å². The van der Waals surface area contributed by atoms with E-state index >= 15 is 0 Å². The van der Waals surface area contributed by atoms with Crippen LogP contribution in [0.4, 0.5) is 0 Å². The number of allylic oxidation sites excluding steroid dienone is 3. The lowest BCUT2D eigenvalue weighted by Gasteiger charge is -2.46. The van der Waals surface area contributed by atoms with Gasteiger partial charge in [0.15, 0.2) is 0 Å². The van der Waals surface area contributed by atoms with E-state index in [9.17, 15) is 9.59 Å². The summed E-state index contributed by atoms with van der Waals surface area (Å²) in [4.78, 5) is 26.6. The van der Waals surface area contributed by atoms with Gasteiger partial charge in [0.25, 0.3) is 5.91 Å². The Morgan fingerprint density at radius 3 is 1.84 bits per heavy atom. The Morgan fingerprint density at radius 1 is 0.684 bits per heavy atom. The van der Waals surface area contributed by atoms with E-state index in [4.69, 9.17) is 0 Å². The molecule has 0 aromatic heterocycles. The van der Waals surface area contributed by atoms with Crippen LogP contribution in [-0.2, 0) is 9.59 Å². The van der Waals surface area contributed by atoms with Crippen LogP contribution >= 0.6 is 0 Å². The molecule has 1 spiro atoms. The van der Waals surface area contributed by atoms with Gasteiger partial charge in [0.1, 0.15) is 0 Å². The number of carbonyl (C=O) groups is 2. The standard InChI is InChI=1S/C35H33NO2/c1-22-20-28-29(21-22)35(18-6-3-7-19-35)32-31(33(37)36-34(32)38)30(28)27-16-14-26(15-17-27)25-12-10-24(11-13-25)23-8-4-2-5-9-23/h2,4-5,8-17,22,32H,3,6-7,18-21H2,1H3,(H,36,37,38). The summed E-state index contributed by atoms with van der Waals surface area (Å²) in [6, 6.07) is 27.7. The first-order valence-corrected chi connectivity index (χ1v) is 14.1. The molecule has 2 unspecified atom stereocenters. The number of rotatable bonds is 3. The van der Waals surface area contributed by atoms with Crippen LogP contribution in [-0.4, -0.2) is 11.8 Å². The molecular formula is C35H33NO2. The molecule has 7 rings (SSSR count). The van der Waals surface area contributed by atoms with Gasteiger partial charge in [-0.15, -0.1) is 0 Å². The Balaban J connectivity index is 1.29. The molecule has 3 aliphatic carbocycles. The highest BCUT2D eigenvalue weighted by Crippen LogP contribution is 2.62. The highest BCUT2D eigenvalue weighted by atomic mass is 16.2. The highest BCUT2D eigenvalue weighted by Gasteiger charge is 2.58. The zero-order valence-electron chi connectivity index (χ0n) is 21.9. The summed E-state index contributed by atoms with van der Waals surface area (Å²) in [5.41, 5.74) is 10.3. The van der Waals surface area contributed by atoms with Crippen molar-refractivity contribution in [3.05, 3.63) is 101 Å². The molecule has 1 N–H and O–H groups in total. The largest absolute Gasteiger partial charge is 0.292 e. The zero-order valence-corrected chi connectivity index (χ0v) is 21.9. The fraction of sp³-hybridized carbons (Fsp3) is 0.314. The molecule has 2 fully saturated rings. The quantitative estimate of drug-likeness (QED) is 0.375. The monoisotopic (exact) mass is 499 g/mol. The molecule has 0 bridgehead atoms. The van der Waals surface area contributed by atoms with Gasteiger partial charge in [0.05, 0.1) is 5.92 Å². The second-order valence-corrected chi connectivity index (χ2v) is 11.7. The molecule has 4 aliphatic rings. The van der Waals surface area contributed by atoms with Crippen molar-refractivity contribution >= 4 is 17.4 Å². The molecular weight excluding hydrogens is 466 g/mol. The fourth-order valence-electron chi connectivity index (χ4n) is 7.83. The van der Waals surface area contributed by atoms with Crippen LogP contribution in [0.25, 0.3) is 27.8 Å². The van der Waals surface area contributed by atoms with Crippen LogP contribution in [0.15, 0.2) is 95.6 Å². The van der Waals surface area contributed by atoms with Gasteiger partial charge in [-0.2, -0.15) is 0 Å². The molecule has 1 saturated heterocycles. The maximum absolute atomic E-state index is 13.3. The Kier molecular flexibility index (Phi) is 5.51. The summed E-state index contributed by atoms with van der Waals surface area (Å²) in [6.07, 6.45) is 7.61. The van der Waals surface area contributed by atoms with E-state index in [1.807, 2.05) is 6.07 Å². The number of amides is 2. The van der Waals surface area contributed by atoms with Crippen LogP contribution in [0.2, 0.25) is 0 Å². The first kappa shape index (κ1) is 23.4. The summed E-state index contributed by atoms with van der Waals surface area (Å²) in [7, 11) is 0. The normalized spacial score (nSPS) is 24.0. The third-order valence-electron chi connectivity index (χ3n) is 9.47. The molecule has 1 aliphatic heterocycles. The minimum absolute atomic E-state index is 0.0781. The average molecular weight is 500 g/mol. The van der Waals surface area contributed by atoms with Crippen molar-refractivity contribution < 1.29 is 9.59 Å². The minimum Gasteiger partial charge on any atom is -0.292 e. The van der Waals surface area contributed by atoms with E-state index in [2.05, 4.69) is 85.0 Å². The number of benzene rings is 3. The van der Waals surface area contributed by atoms with Crippen LogP contribution in [0, 0.1) is 17.3 Å². The second-order valence-electron chi connectivity index (χ2n) is 11.7. The predicted octanol–water partition coefficient (Wildman–Crippen LogP) is 7.74. The fourth-order valence-corrected chi connectivity index (χ4v) is 7.83. The van der Waals surface area contributed by atoms with Gasteiger partial charge in [-0.3, -0.25) is 14.9 Å². The van der Waals surface area contributed by atoms with Gasteiger partial charge in [0.2, 0.25) is 5.91 Å². The SMILES string of the molecule is CC1CC2=C(C1)C1(CCCCC1)C1C(=O)NC(=O)C1=C2c1ccc(-c2ccc(-c3ccccc3)cc2)cc1. The van der Waals surface area contributed by atoms with Crippen LogP contribution in [0.3, 0.4) is 0 Å². The summed E-state index contributed by atoms with van der Waals surface area (Å²) in [5.74, 6) is -0.0365. The summed E-state index contributed by atoms with van der Waals surface area (Å²) < 4.78 is 0. The molecule has 2 atom stereocenters. The first-order chi connectivity index (χ1) is 18.5. The van der Waals surface area contributed by atoms with Crippen molar-refractivity contribution in [1.82, 2.24) is 5.32 Å². The van der Waals surface area contributed by atoms with Crippen LogP contribution < -0.4 is 5.32 Å². The van der Waals surface area contributed by atoms with Gasteiger partial charge in [-0.1, -0.05) is 111 Å². The molecule has 2 amide bonds. The molecule has 38 heavy (non-hydrogen) atoms. The van der Waals surface area contributed by atoms with Crippen molar-refractivity contribution in [2.45, 2.75) is 51.9 Å².